The lowest BCUT2D eigenvalue weighted by Crippen LogP contribution is -2.08. The van der Waals surface area contributed by atoms with Gasteiger partial charge in [0.2, 0.25) is 5.78 Å². The molecule has 0 bridgehead atoms. The number of ketones is 1. The third-order valence-corrected chi connectivity index (χ3v) is 5.83. The summed E-state index contributed by atoms with van der Waals surface area (Å²) in [6.45, 7) is 6.44. The summed E-state index contributed by atoms with van der Waals surface area (Å²) in [5, 5.41) is 0.624. The fraction of sp³-hybridized carbons (Fsp3) is 0.267. The molecule has 2 rings (SSSR count). The van der Waals surface area contributed by atoms with Gasteiger partial charge < -0.3 is 0 Å². The summed E-state index contributed by atoms with van der Waals surface area (Å²) in [5.74, 6) is 0.0406. The highest BCUT2D eigenvalue weighted by atomic mass is 127. The molecule has 0 unspecified atom stereocenters. The van der Waals surface area contributed by atoms with Crippen LogP contribution in [0.5, 0.6) is 0 Å². The molecular weight excluding hydrogens is 391 g/mol. The van der Waals surface area contributed by atoms with Crippen molar-refractivity contribution in [1.29, 1.82) is 0 Å². The Morgan fingerprint density at radius 1 is 1.21 bits per heavy atom. The normalized spacial score (nSPS) is 11.6. The molecule has 0 radical (unpaired) electrons. The minimum atomic E-state index is 0.0406. The summed E-state index contributed by atoms with van der Waals surface area (Å²) in [5.41, 5.74) is 0.722. The van der Waals surface area contributed by atoms with E-state index >= 15 is 0 Å². The predicted octanol–water partition coefficient (Wildman–Crippen LogP) is 5.53. The Bertz CT molecular complexity index is 625. The topological polar surface area (TPSA) is 17.1 Å². The van der Waals surface area contributed by atoms with Crippen LogP contribution in [-0.2, 0) is 5.41 Å². The first-order valence-corrected chi connectivity index (χ1v) is 8.16. The van der Waals surface area contributed by atoms with Crippen molar-refractivity contribution in [3.63, 3.8) is 0 Å². The third-order valence-electron chi connectivity index (χ3n) is 2.75. The van der Waals surface area contributed by atoms with E-state index in [0.29, 0.717) is 10.6 Å². The minimum Gasteiger partial charge on any atom is -0.288 e. The molecule has 0 spiro atoms. The minimum absolute atomic E-state index is 0.0406. The van der Waals surface area contributed by atoms with E-state index in [1.165, 1.54) is 4.88 Å². The quantitative estimate of drug-likeness (QED) is 0.475. The molecule has 0 saturated heterocycles. The Morgan fingerprint density at radius 2 is 1.89 bits per heavy atom. The highest BCUT2D eigenvalue weighted by Gasteiger charge is 2.19. The lowest BCUT2D eigenvalue weighted by molar-refractivity contribution is 0.104. The summed E-state index contributed by atoms with van der Waals surface area (Å²) in [6, 6.07) is 9.37. The molecule has 0 fully saturated rings. The largest absolute Gasteiger partial charge is 0.288 e. The Balaban J connectivity index is 2.34. The smallest absolute Gasteiger partial charge is 0.203 e. The van der Waals surface area contributed by atoms with E-state index in [1.54, 1.807) is 17.4 Å². The van der Waals surface area contributed by atoms with Gasteiger partial charge in [0.05, 0.1) is 9.90 Å². The van der Waals surface area contributed by atoms with Gasteiger partial charge in [0.15, 0.2) is 0 Å². The van der Waals surface area contributed by atoms with Crippen molar-refractivity contribution < 1.29 is 4.79 Å². The highest BCUT2D eigenvalue weighted by molar-refractivity contribution is 14.1. The Morgan fingerprint density at radius 3 is 2.42 bits per heavy atom. The van der Waals surface area contributed by atoms with E-state index in [0.717, 1.165) is 8.45 Å². The molecular formula is C15H14ClIOS. The fourth-order valence-corrected chi connectivity index (χ4v) is 3.18. The number of halogens is 2. The van der Waals surface area contributed by atoms with Gasteiger partial charge in [-0.2, -0.15) is 0 Å². The summed E-state index contributed by atoms with van der Waals surface area (Å²) in [4.78, 5) is 14.4. The number of benzene rings is 1. The molecule has 0 saturated carbocycles. The first-order valence-electron chi connectivity index (χ1n) is 5.89. The Labute approximate surface area is 136 Å². The molecule has 0 aliphatic carbocycles. The molecule has 0 atom stereocenters. The number of carbonyl (C=O) groups is 1. The number of thiophene rings is 1. The first-order chi connectivity index (χ1) is 8.79. The summed E-state index contributed by atoms with van der Waals surface area (Å²) >= 11 is 9.78. The first kappa shape index (κ1) is 15.0. The maximum atomic E-state index is 12.4. The van der Waals surface area contributed by atoms with Crippen LogP contribution in [0.3, 0.4) is 0 Å². The molecule has 2 aromatic rings. The molecule has 19 heavy (non-hydrogen) atoms. The van der Waals surface area contributed by atoms with E-state index in [4.69, 9.17) is 11.6 Å². The van der Waals surface area contributed by atoms with Crippen molar-refractivity contribution in [2.75, 3.05) is 0 Å². The van der Waals surface area contributed by atoms with Crippen LogP contribution in [0, 0.1) is 3.57 Å². The van der Waals surface area contributed by atoms with Crippen molar-refractivity contribution in [2.24, 2.45) is 0 Å². The van der Waals surface area contributed by atoms with E-state index in [1.807, 2.05) is 24.3 Å². The Kier molecular flexibility index (Phi) is 4.38. The van der Waals surface area contributed by atoms with Crippen LogP contribution in [0.15, 0.2) is 30.3 Å². The predicted molar refractivity (Wildman–Crippen MR) is 90.6 cm³/mol. The fourth-order valence-electron chi connectivity index (χ4n) is 1.64. The Hall–Kier alpha value is -0.390. The SMILES string of the molecule is CC(C)(C)c1ccc(C(=O)c2ccc(I)c(Cl)c2)s1. The van der Waals surface area contributed by atoms with Crippen LogP contribution in [0.1, 0.15) is 40.9 Å². The molecule has 1 heterocycles. The zero-order valence-corrected chi connectivity index (χ0v) is 14.7. The molecule has 0 N–H and O–H groups in total. The summed E-state index contributed by atoms with van der Waals surface area (Å²) in [7, 11) is 0. The molecule has 100 valence electrons. The van der Waals surface area contributed by atoms with Gasteiger partial charge in [-0.3, -0.25) is 4.79 Å². The molecule has 1 nitrogen and oxygen atoms in total. The van der Waals surface area contributed by atoms with Crippen molar-refractivity contribution in [3.05, 3.63) is 54.2 Å². The van der Waals surface area contributed by atoms with Crippen molar-refractivity contribution >= 4 is 51.3 Å². The van der Waals surface area contributed by atoms with Crippen LogP contribution < -0.4 is 0 Å². The van der Waals surface area contributed by atoms with Crippen LogP contribution in [0.25, 0.3) is 0 Å². The number of hydrogen-bond acceptors (Lipinski definition) is 2. The van der Waals surface area contributed by atoms with E-state index in [2.05, 4.69) is 43.4 Å². The zero-order chi connectivity index (χ0) is 14.2. The lowest BCUT2D eigenvalue weighted by Gasteiger charge is -2.15. The van der Waals surface area contributed by atoms with Crippen LogP contribution >= 0.6 is 45.5 Å². The van der Waals surface area contributed by atoms with Gasteiger partial charge in [0.25, 0.3) is 0 Å². The van der Waals surface area contributed by atoms with Crippen LogP contribution in [-0.4, -0.2) is 5.78 Å². The average Bonchev–Trinajstić information content (AvgIpc) is 2.81. The van der Waals surface area contributed by atoms with Gasteiger partial charge in [0, 0.05) is 14.0 Å². The molecule has 4 heteroatoms. The molecule has 0 aliphatic rings. The number of carbonyl (C=O) groups excluding carboxylic acids is 1. The average molecular weight is 405 g/mol. The summed E-state index contributed by atoms with van der Waals surface area (Å²) in [6.07, 6.45) is 0. The van der Waals surface area contributed by atoms with E-state index in [-0.39, 0.29) is 11.2 Å². The standard InChI is InChI=1S/C15H14ClIOS/c1-15(2,3)13-7-6-12(19-13)14(18)9-4-5-11(17)10(16)8-9/h4-8H,1-3H3. The van der Waals surface area contributed by atoms with Crippen molar-refractivity contribution in [2.45, 2.75) is 26.2 Å². The second-order valence-electron chi connectivity index (χ2n) is 5.37. The number of rotatable bonds is 2. The second kappa shape index (κ2) is 5.54. The van der Waals surface area contributed by atoms with Gasteiger partial charge >= 0.3 is 0 Å². The molecule has 1 aromatic carbocycles. The summed E-state index contributed by atoms with van der Waals surface area (Å²) < 4.78 is 0.956. The van der Waals surface area contributed by atoms with Crippen molar-refractivity contribution in [1.82, 2.24) is 0 Å². The number of hydrogen-bond donors (Lipinski definition) is 0. The monoisotopic (exact) mass is 404 g/mol. The van der Waals surface area contributed by atoms with Crippen LogP contribution in [0.2, 0.25) is 5.02 Å². The van der Waals surface area contributed by atoms with Gasteiger partial charge in [-0.1, -0.05) is 32.4 Å². The zero-order valence-electron chi connectivity index (χ0n) is 11.0. The van der Waals surface area contributed by atoms with E-state index < -0.39 is 0 Å². The third kappa shape index (κ3) is 3.38. The lowest BCUT2D eigenvalue weighted by atomic mass is 9.95. The molecule has 0 aliphatic heterocycles. The van der Waals surface area contributed by atoms with E-state index in [9.17, 15) is 4.79 Å². The van der Waals surface area contributed by atoms with Gasteiger partial charge in [-0.15, -0.1) is 11.3 Å². The van der Waals surface area contributed by atoms with Gasteiger partial charge in [-0.05, 0) is 58.3 Å². The second-order valence-corrected chi connectivity index (χ2v) is 8.03. The molecule has 0 amide bonds. The van der Waals surface area contributed by atoms with Gasteiger partial charge in [-0.25, -0.2) is 0 Å². The maximum Gasteiger partial charge on any atom is 0.203 e. The highest BCUT2D eigenvalue weighted by Crippen LogP contribution is 2.31. The van der Waals surface area contributed by atoms with Crippen LogP contribution in [0.4, 0.5) is 0 Å². The van der Waals surface area contributed by atoms with Gasteiger partial charge in [0.1, 0.15) is 0 Å². The maximum absolute atomic E-state index is 12.4. The molecule has 1 aromatic heterocycles. The van der Waals surface area contributed by atoms with Crippen molar-refractivity contribution in [3.8, 4) is 0 Å².